The molecule has 0 radical (unpaired) electrons. The van der Waals surface area contributed by atoms with Crippen molar-refractivity contribution in [1.29, 1.82) is 0 Å². The van der Waals surface area contributed by atoms with Crippen molar-refractivity contribution < 1.29 is 13.2 Å². The van der Waals surface area contributed by atoms with Crippen LogP contribution in [0.1, 0.15) is 17.3 Å². The number of hydrogen-bond donors (Lipinski definition) is 1. The predicted octanol–water partition coefficient (Wildman–Crippen LogP) is 4.00. The molecule has 0 saturated heterocycles. The third-order valence-electron chi connectivity index (χ3n) is 2.69. The highest BCUT2D eigenvalue weighted by molar-refractivity contribution is 7.92. The maximum absolute atomic E-state index is 12.2. The molecule has 0 unspecified atom stereocenters. The van der Waals surface area contributed by atoms with E-state index in [2.05, 4.69) is 4.72 Å². The molecular weight excluding hydrogens is 333 g/mol. The van der Waals surface area contributed by atoms with Crippen molar-refractivity contribution in [3.63, 3.8) is 0 Å². The first kappa shape index (κ1) is 15.8. The summed E-state index contributed by atoms with van der Waals surface area (Å²) in [5, 5.41) is 0.463. The molecule has 4 nitrogen and oxygen atoms in total. The first-order chi connectivity index (χ1) is 9.78. The second-order valence-corrected chi connectivity index (χ2v) is 6.90. The van der Waals surface area contributed by atoms with Crippen molar-refractivity contribution in [1.82, 2.24) is 0 Å². The summed E-state index contributed by atoms with van der Waals surface area (Å²) >= 11 is 11.6. The Balaban J connectivity index is 2.30. The Kier molecular flexibility index (Phi) is 4.56. The summed E-state index contributed by atoms with van der Waals surface area (Å²) < 4.78 is 26.9. The standard InChI is InChI=1S/C14H11Cl2NO3S/c1-9(18)10-2-4-13(5-3-10)17-21(19,20)14-7-11(15)6-12(16)8-14/h2-8,17H,1H3. The average Bonchev–Trinajstić information content (AvgIpc) is 2.37. The van der Waals surface area contributed by atoms with Crippen LogP contribution in [0.5, 0.6) is 0 Å². The van der Waals surface area contributed by atoms with Crippen molar-refractivity contribution in [2.45, 2.75) is 11.8 Å². The van der Waals surface area contributed by atoms with Crippen molar-refractivity contribution in [2.75, 3.05) is 4.72 Å². The zero-order valence-corrected chi connectivity index (χ0v) is 13.3. The van der Waals surface area contributed by atoms with Gasteiger partial charge in [0.05, 0.1) is 4.90 Å². The molecule has 0 fully saturated rings. The molecule has 0 aliphatic carbocycles. The minimum absolute atomic E-state index is 0.0318. The van der Waals surface area contributed by atoms with Crippen LogP contribution in [0.3, 0.4) is 0 Å². The van der Waals surface area contributed by atoms with Gasteiger partial charge in [-0.1, -0.05) is 23.2 Å². The summed E-state index contributed by atoms with van der Waals surface area (Å²) in [6.45, 7) is 1.44. The maximum Gasteiger partial charge on any atom is 0.261 e. The van der Waals surface area contributed by atoms with E-state index in [0.29, 0.717) is 11.3 Å². The smallest absolute Gasteiger partial charge is 0.261 e. The van der Waals surface area contributed by atoms with Gasteiger partial charge in [0.25, 0.3) is 10.0 Å². The Morgan fingerprint density at radius 3 is 2.00 bits per heavy atom. The first-order valence-electron chi connectivity index (χ1n) is 5.88. The topological polar surface area (TPSA) is 63.2 Å². The van der Waals surface area contributed by atoms with E-state index in [1.165, 1.54) is 37.3 Å². The summed E-state index contributed by atoms with van der Waals surface area (Å²) in [5.41, 5.74) is 0.847. The Hall–Kier alpha value is -1.56. The van der Waals surface area contributed by atoms with Gasteiger partial charge >= 0.3 is 0 Å². The number of sulfonamides is 1. The van der Waals surface area contributed by atoms with Crippen molar-refractivity contribution in [3.8, 4) is 0 Å². The first-order valence-corrected chi connectivity index (χ1v) is 8.12. The lowest BCUT2D eigenvalue weighted by molar-refractivity contribution is 0.101. The van der Waals surface area contributed by atoms with Crippen molar-refractivity contribution in [2.24, 2.45) is 0 Å². The highest BCUT2D eigenvalue weighted by atomic mass is 35.5. The van der Waals surface area contributed by atoms with Crippen LogP contribution >= 0.6 is 23.2 Å². The van der Waals surface area contributed by atoms with Crippen LogP contribution in [0, 0.1) is 0 Å². The molecule has 2 rings (SSSR count). The van der Waals surface area contributed by atoms with Gasteiger partial charge in [-0.05, 0) is 49.4 Å². The molecule has 0 aromatic heterocycles. The summed E-state index contributed by atoms with van der Waals surface area (Å²) in [6.07, 6.45) is 0. The lowest BCUT2D eigenvalue weighted by Crippen LogP contribution is -2.13. The number of benzene rings is 2. The molecule has 0 aliphatic rings. The van der Waals surface area contributed by atoms with Crippen molar-refractivity contribution in [3.05, 3.63) is 58.1 Å². The molecule has 0 saturated carbocycles. The fourth-order valence-electron chi connectivity index (χ4n) is 1.67. The van der Waals surface area contributed by atoms with E-state index in [1.54, 1.807) is 12.1 Å². The molecule has 0 spiro atoms. The summed E-state index contributed by atoms with van der Waals surface area (Å²) in [4.78, 5) is 11.1. The van der Waals surface area contributed by atoms with Crippen LogP contribution in [0.4, 0.5) is 5.69 Å². The molecule has 7 heteroatoms. The number of anilines is 1. The number of carbonyl (C=O) groups is 1. The van der Waals surface area contributed by atoms with E-state index in [0.717, 1.165) is 0 Å². The summed E-state index contributed by atoms with van der Waals surface area (Å²) in [5.74, 6) is -0.0916. The van der Waals surface area contributed by atoms with Crippen molar-refractivity contribution >= 4 is 44.7 Å². The van der Waals surface area contributed by atoms with E-state index in [9.17, 15) is 13.2 Å². The number of carbonyl (C=O) groups excluding carboxylic acids is 1. The molecule has 0 heterocycles. The Bertz CT molecular complexity index is 766. The monoisotopic (exact) mass is 343 g/mol. The minimum Gasteiger partial charge on any atom is -0.295 e. The molecule has 2 aromatic rings. The van der Waals surface area contributed by atoms with Crippen LogP contribution in [-0.2, 0) is 10.0 Å². The van der Waals surface area contributed by atoms with Gasteiger partial charge in [-0.15, -0.1) is 0 Å². The van der Waals surface area contributed by atoms with Gasteiger partial charge in [-0.25, -0.2) is 8.42 Å². The van der Waals surface area contributed by atoms with Crippen LogP contribution < -0.4 is 4.72 Å². The minimum atomic E-state index is -3.80. The van der Waals surface area contributed by atoms with Gasteiger partial charge in [0.1, 0.15) is 0 Å². The largest absolute Gasteiger partial charge is 0.295 e. The average molecular weight is 344 g/mol. The second-order valence-electron chi connectivity index (χ2n) is 4.34. The van der Waals surface area contributed by atoms with Crippen LogP contribution in [0.2, 0.25) is 10.0 Å². The number of hydrogen-bond acceptors (Lipinski definition) is 3. The maximum atomic E-state index is 12.2. The number of ketones is 1. The second kappa shape index (κ2) is 6.05. The van der Waals surface area contributed by atoms with E-state index >= 15 is 0 Å². The molecule has 0 aliphatic heterocycles. The zero-order chi connectivity index (χ0) is 15.6. The van der Waals surface area contributed by atoms with Crippen LogP contribution in [0.15, 0.2) is 47.4 Å². The molecule has 0 amide bonds. The summed E-state index contributed by atoms with van der Waals surface area (Å²) in [6, 6.07) is 10.2. The molecule has 2 aromatic carbocycles. The van der Waals surface area contributed by atoms with Gasteiger partial charge in [0, 0.05) is 21.3 Å². The van der Waals surface area contributed by atoms with E-state index < -0.39 is 10.0 Å². The SMILES string of the molecule is CC(=O)c1ccc(NS(=O)(=O)c2cc(Cl)cc(Cl)c2)cc1. The highest BCUT2D eigenvalue weighted by Crippen LogP contribution is 2.24. The highest BCUT2D eigenvalue weighted by Gasteiger charge is 2.16. The summed E-state index contributed by atoms with van der Waals surface area (Å²) in [7, 11) is -3.80. The number of halogens is 2. The molecule has 1 N–H and O–H groups in total. The van der Waals surface area contributed by atoms with Gasteiger partial charge in [0.15, 0.2) is 5.78 Å². The Labute approximate surface area is 132 Å². The van der Waals surface area contributed by atoms with E-state index in [1.807, 2.05) is 0 Å². The van der Waals surface area contributed by atoms with Crippen LogP contribution in [-0.4, -0.2) is 14.2 Å². The molecular formula is C14H11Cl2NO3S. The fourth-order valence-corrected chi connectivity index (χ4v) is 3.45. The van der Waals surface area contributed by atoms with Gasteiger partial charge < -0.3 is 0 Å². The molecule has 0 bridgehead atoms. The number of Topliss-reactive ketones (excluding diaryl/α,β-unsaturated/α-hetero) is 1. The lowest BCUT2D eigenvalue weighted by Gasteiger charge is -2.09. The number of nitrogens with one attached hydrogen (secondary N) is 1. The lowest BCUT2D eigenvalue weighted by atomic mass is 10.1. The normalized spacial score (nSPS) is 11.2. The molecule has 0 atom stereocenters. The quantitative estimate of drug-likeness (QED) is 0.853. The zero-order valence-electron chi connectivity index (χ0n) is 10.9. The van der Waals surface area contributed by atoms with E-state index in [-0.39, 0.29) is 20.7 Å². The number of rotatable bonds is 4. The molecule has 21 heavy (non-hydrogen) atoms. The Morgan fingerprint density at radius 2 is 1.52 bits per heavy atom. The third-order valence-corrected chi connectivity index (χ3v) is 4.49. The fraction of sp³-hybridized carbons (Fsp3) is 0.0714. The van der Waals surface area contributed by atoms with Crippen LogP contribution in [0.25, 0.3) is 0 Å². The van der Waals surface area contributed by atoms with Gasteiger partial charge in [-0.2, -0.15) is 0 Å². The van der Waals surface area contributed by atoms with Gasteiger partial charge in [-0.3, -0.25) is 9.52 Å². The predicted molar refractivity (Wildman–Crippen MR) is 83.7 cm³/mol. The molecule has 110 valence electrons. The van der Waals surface area contributed by atoms with E-state index in [4.69, 9.17) is 23.2 Å². The third kappa shape index (κ3) is 3.97. The Morgan fingerprint density at radius 1 is 1.00 bits per heavy atom. The van der Waals surface area contributed by atoms with Gasteiger partial charge in [0.2, 0.25) is 0 Å².